The molecule has 1 fully saturated rings. The number of rotatable bonds is 5. The number of carbonyl (C=O) groups is 1. The van der Waals surface area contributed by atoms with Crippen molar-refractivity contribution in [3.63, 3.8) is 0 Å². The zero-order chi connectivity index (χ0) is 15.2. The van der Waals surface area contributed by atoms with Gasteiger partial charge in [0.05, 0.1) is 0 Å². The predicted molar refractivity (Wildman–Crippen MR) is 64.2 cm³/mol. The second-order valence-electron chi connectivity index (χ2n) is 4.65. The molecule has 0 aromatic carbocycles. The molecule has 0 saturated carbocycles. The number of oxime groups is 1. The highest BCUT2D eigenvalue weighted by Gasteiger charge is 2.44. The lowest BCUT2D eigenvalue weighted by Crippen LogP contribution is -2.52. The number of halogens is 3. The van der Waals surface area contributed by atoms with Crippen molar-refractivity contribution in [3.8, 4) is 0 Å². The van der Waals surface area contributed by atoms with E-state index >= 15 is 0 Å². The number of amides is 1. The van der Waals surface area contributed by atoms with Crippen molar-refractivity contribution in [1.82, 2.24) is 5.32 Å². The fourth-order valence-corrected chi connectivity index (χ4v) is 2.08. The van der Waals surface area contributed by atoms with Crippen molar-refractivity contribution in [1.29, 1.82) is 0 Å². The number of ether oxygens (including phenoxy) is 1. The molecule has 0 radical (unpaired) electrons. The zero-order valence-corrected chi connectivity index (χ0v) is 10.9. The summed E-state index contributed by atoms with van der Waals surface area (Å²) in [5.74, 6) is -0.771. The SMILES string of the molecule is NC(=NO)C1(C(=O)NCCCC(F)(F)F)CCOCC1. The van der Waals surface area contributed by atoms with Crippen LogP contribution in [0, 0.1) is 5.41 Å². The topological polar surface area (TPSA) is 96.9 Å². The first-order chi connectivity index (χ1) is 9.32. The first-order valence-electron chi connectivity index (χ1n) is 6.22. The van der Waals surface area contributed by atoms with Crippen LogP contribution in [0.1, 0.15) is 25.7 Å². The molecule has 0 aliphatic carbocycles. The maximum atomic E-state index is 12.1. The molecular weight excluding hydrogens is 279 g/mol. The standard InChI is InChI=1S/C11H18F3N3O3/c12-11(13,14)2-1-5-16-9(18)10(8(15)17-19)3-6-20-7-4-10/h19H,1-7H2,(H2,15,17)(H,16,18). The van der Waals surface area contributed by atoms with E-state index in [2.05, 4.69) is 10.5 Å². The molecule has 9 heteroatoms. The van der Waals surface area contributed by atoms with E-state index in [0.29, 0.717) is 0 Å². The molecule has 0 bridgehead atoms. The molecule has 1 aliphatic heterocycles. The van der Waals surface area contributed by atoms with Gasteiger partial charge in [-0.2, -0.15) is 13.2 Å². The lowest BCUT2D eigenvalue weighted by molar-refractivity contribution is -0.138. The van der Waals surface area contributed by atoms with Crippen LogP contribution in [0.4, 0.5) is 13.2 Å². The molecule has 1 saturated heterocycles. The molecule has 0 spiro atoms. The number of nitrogens with zero attached hydrogens (tertiary/aromatic N) is 1. The Hall–Kier alpha value is -1.51. The average molecular weight is 297 g/mol. The van der Waals surface area contributed by atoms with Crippen LogP contribution in [0.5, 0.6) is 0 Å². The monoisotopic (exact) mass is 297 g/mol. The molecule has 6 nitrogen and oxygen atoms in total. The van der Waals surface area contributed by atoms with Crippen LogP contribution in [0.15, 0.2) is 5.16 Å². The van der Waals surface area contributed by atoms with Crippen LogP contribution in [0.25, 0.3) is 0 Å². The summed E-state index contributed by atoms with van der Waals surface area (Å²) >= 11 is 0. The number of nitrogens with one attached hydrogen (secondary N) is 1. The molecule has 20 heavy (non-hydrogen) atoms. The molecule has 0 aromatic heterocycles. The third kappa shape index (κ3) is 4.26. The summed E-state index contributed by atoms with van der Waals surface area (Å²) < 4.78 is 41.1. The first kappa shape index (κ1) is 16.5. The second kappa shape index (κ2) is 6.78. The summed E-state index contributed by atoms with van der Waals surface area (Å²) in [5.41, 5.74) is 4.36. The Labute approximate surface area is 114 Å². The number of alkyl halides is 3. The number of amidine groups is 1. The average Bonchev–Trinajstić information content (AvgIpc) is 2.42. The smallest absolute Gasteiger partial charge is 0.389 e. The van der Waals surface area contributed by atoms with Crippen LogP contribution >= 0.6 is 0 Å². The molecule has 0 aromatic rings. The van der Waals surface area contributed by atoms with Gasteiger partial charge in [-0.05, 0) is 19.3 Å². The van der Waals surface area contributed by atoms with Gasteiger partial charge in [-0.15, -0.1) is 0 Å². The number of nitrogens with two attached hydrogens (primary N) is 1. The summed E-state index contributed by atoms with van der Waals surface area (Å²) in [6.07, 6.45) is -4.96. The first-order valence-corrected chi connectivity index (χ1v) is 6.22. The van der Waals surface area contributed by atoms with E-state index < -0.39 is 23.9 Å². The fourth-order valence-electron chi connectivity index (χ4n) is 2.08. The Morgan fingerprint density at radius 3 is 2.50 bits per heavy atom. The van der Waals surface area contributed by atoms with Crippen molar-refractivity contribution in [2.75, 3.05) is 19.8 Å². The van der Waals surface area contributed by atoms with E-state index in [1.165, 1.54) is 0 Å². The molecule has 0 atom stereocenters. The molecule has 1 aliphatic rings. The van der Waals surface area contributed by atoms with Gasteiger partial charge in [0.25, 0.3) is 0 Å². The molecule has 0 unspecified atom stereocenters. The molecule has 1 heterocycles. The van der Waals surface area contributed by atoms with E-state index in [9.17, 15) is 18.0 Å². The molecule has 1 rings (SSSR count). The van der Waals surface area contributed by atoms with Gasteiger partial charge in [-0.25, -0.2) is 0 Å². The van der Waals surface area contributed by atoms with E-state index in [0.717, 1.165) is 0 Å². The van der Waals surface area contributed by atoms with Crippen LogP contribution in [0.2, 0.25) is 0 Å². The van der Waals surface area contributed by atoms with E-state index in [4.69, 9.17) is 15.7 Å². The van der Waals surface area contributed by atoms with Crippen LogP contribution in [-0.4, -0.2) is 42.9 Å². The van der Waals surface area contributed by atoms with Crippen molar-refractivity contribution < 1.29 is 27.9 Å². The minimum absolute atomic E-state index is 0.111. The van der Waals surface area contributed by atoms with Gasteiger partial charge in [0.1, 0.15) is 5.41 Å². The van der Waals surface area contributed by atoms with Gasteiger partial charge >= 0.3 is 6.18 Å². The van der Waals surface area contributed by atoms with Crippen molar-refractivity contribution in [2.24, 2.45) is 16.3 Å². The summed E-state index contributed by atoms with van der Waals surface area (Å²) in [6, 6.07) is 0. The minimum Gasteiger partial charge on any atom is -0.409 e. The van der Waals surface area contributed by atoms with Crippen LogP contribution in [0.3, 0.4) is 0 Å². The Morgan fingerprint density at radius 2 is 2.00 bits per heavy atom. The zero-order valence-electron chi connectivity index (χ0n) is 10.9. The summed E-state index contributed by atoms with van der Waals surface area (Å²) in [5, 5.41) is 14.1. The third-order valence-corrected chi connectivity index (χ3v) is 3.30. The van der Waals surface area contributed by atoms with Crippen molar-refractivity contribution >= 4 is 11.7 Å². The van der Waals surface area contributed by atoms with Crippen molar-refractivity contribution in [2.45, 2.75) is 31.9 Å². The van der Waals surface area contributed by atoms with Gasteiger partial charge in [0.15, 0.2) is 5.84 Å². The van der Waals surface area contributed by atoms with Gasteiger partial charge in [-0.3, -0.25) is 4.79 Å². The van der Waals surface area contributed by atoms with Crippen molar-refractivity contribution in [3.05, 3.63) is 0 Å². The van der Waals surface area contributed by atoms with Crippen LogP contribution < -0.4 is 11.1 Å². The summed E-state index contributed by atoms with van der Waals surface area (Å²) in [6.45, 7) is 0.429. The lowest BCUT2D eigenvalue weighted by Gasteiger charge is -2.34. The molecule has 1 amide bonds. The Kier molecular flexibility index (Phi) is 5.61. The lowest BCUT2D eigenvalue weighted by atomic mass is 9.78. The molecular formula is C11H18F3N3O3. The molecule has 116 valence electrons. The van der Waals surface area contributed by atoms with Gasteiger partial charge < -0.3 is 21.0 Å². The fraction of sp³-hybridized carbons (Fsp3) is 0.818. The Morgan fingerprint density at radius 1 is 1.40 bits per heavy atom. The third-order valence-electron chi connectivity index (χ3n) is 3.30. The van der Waals surface area contributed by atoms with Gasteiger partial charge in [0, 0.05) is 26.2 Å². The summed E-state index contributed by atoms with van der Waals surface area (Å²) in [7, 11) is 0. The highest BCUT2D eigenvalue weighted by Crippen LogP contribution is 2.31. The maximum absolute atomic E-state index is 12.1. The predicted octanol–water partition coefficient (Wildman–Crippen LogP) is 0.988. The second-order valence-corrected chi connectivity index (χ2v) is 4.65. The largest absolute Gasteiger partial charge is 0.409 e. The highest BCUT2D eigenvalue weighted by atomic mass is 19.4. The van der Waals surface area contributed by atoms with Crippen LogP contribution in [-0.2, 0) is 9.53 Å². The van der Waals surface area contributed by atoms with E-state index in [1.807, 2.05) is 0 Å². The number of carbonyl (C=O) groups excluding carboxylic acids is 1. The normalized spacial score (nSPS) is 19.6. The summed E-state index contributed by atoms with van der Waals surface area (Å²) in [4.78, 5) is 12.1. The maximum Gasteiger partial charge on any atom is 0.389 e. The molecule has 4 N–H and O–H groups in total. The Bertz CT molecular complexity index is 366. The van der Waals surface area contributed by atoms with Gasteiger partial charge in [-0.1, -0.05) is 5.16 Å². The minimum atomic E-state index is -4.24. The highest BCUT2D eigenvalue weighted by molar-refractivity contribution is 6.06. The Balaban J connectivity index is 2.57. The number of hydrogen-bond acceptors (Lipinski definition) is 4. The van der Waals surface area contributed by atoms with E-state index in [-0.39, 0.29) is 44.9 Å². The number of hydrogen-bond donors (Lipinski definition) is 3. The van der Waals surface area contributed by atoms with Gasteiger partial charge in [0.2, 0.25) is 5.91 Å². The quantitative estimate of drug-likeness (QED) is 0.232. The van der Waals surface area contributed by atoms with E-state index in [1.54, 1.807) is 0 Å².